The molecule has 0 aromatic heterocycles. The molecule has 3 heteroatoms. The van der Waals surface area contributed by atoms with E-state index in [1.165, 1.54) is 18.1 Å². The SMILES string of the molecule is COc1ccc(C(C)(C)c2cc(C)c(OC(C)=O)c(C)c2)cc1. The standard InChI is InChI=1S/C20H24O3/c1-13-11-17(12-14(2)19(13)23-15(3)21)20(4,5)16-7-9-18(22-6)10-8-16/h7-12H,1-6H3. The minimum Gasteiger partial charge on any atom is -0.497 e. The fourth-order valence-corrected chi connectivity index (χ4v) is 2.79. The number of carbonyl (C=O) groups excluding carboxylic acids is 1. The summed E-state index contributed by atoms with van der Waals surface area (Å²) >= 11 is 0. The van der Waals surface area contributed by atoms with Crippen LogP contribution < -0.4 is 9.47 Å². The first-order valence-electron chi connectivity index (χ1n) is 7.70. The maximum absolute atomic E-state index is 11.2. The monoisotopic (exact) mass is 312 g/mol. The van der Waals surface area contributed by atoms with E-state index in [4.69, 9.17) is 9.47 Å². The van der Waals surface area contributed by atoms with Gasteiger partial charge < -0.3 is 9.47 Å². The van der Waals surface area contributed by atoms with Crippen molar-refractivity contribution in [3.8, 4) is 11.5 Å². The highest BCUT2D eigenvalue weighted by Crippen LogP contribution is 2.36. The second-order valence-corrected chi connectivity index (χ2v) is 6.39. The first kappa shape index (κ1) is 17.1. The Balaban J connectivity index is 2.44. The van der Waals surface area contributed by atoms with Crippen molar-refractivity contribution in [3.63, 3.8) is 0 Å². The van der Waals surface area contributed by atoms with E-state index in [-0.39, 0.29) is 11.4 Å². The maximum Gasteiger partial charge on any atom is 0.308 e. The number of ether oxygens (including phenoxy) is 2. The maximum atomic E-state index is 11.2. The summed E-state index contributed by atoms with van der Waals surface area (Å²) in [6.07, 6.45) is 0. The van der Waals surface area contributed by atoms with Gasteiger partial charge in [0.2, 0.25) is 0 Å². The van der Waals surface area contributed by atoms with Gasteiger partial charge in [-0.2, -0.15) is 0 Å². The van der Waals surface area contributed by atoms with Crippen LogP contribution in [-0.4, -0.2) is 13.1 Å². The van der Waals surface area contributed by atoms with Crippen LogP contribution in [0.5, 0.6) is 11.5 Å². The Morgan fingerprint density at radius 2 is 1.48 bits per heavy atom. The Bertz CT molecular complexity index is 689. The van der Waals surface area contributed by atoms with Crippen molar-refractivity contribution in [2.24, 2.45) is 0 Å². The summed E-state index contributed by atoms with van der Waals surface area (Å²) < 4.78 is 10.6. The molecule has 0 aliphatic carbocycles. The number of benzene rings is 2. The van der Waals surface area contributed by atoms with Crippen molar-refractivity contribution in [2.75, 3.05) is 7.11 Å². The Morgan fingerprint density at radius 1 is 0.957 bits per heavy atom. The topological polar surface area (TPSA) is 35.5 Å². The van der Waals surface area contributed by atoms with E-state index in [0.717, 1.165) is 16.9 Å². The van der Waals surface area contributed by atoms with E-state index in [9.17, 15) is 4.79 Å². The van der Waals surface area contributed by atoms with E-state index >= 15 is 0 Å². The minimum absolute atomic E-state index is 0.156. The summed E-state index contributed by atoms with van der Waals surface area (Å²) in [4.78, 5) is 11.2. The normalized spacial score (nSPS) is 11.2. The Hall–Kier alpha value is -2.29. The predicted octanol–water partition coefficient (Wildman–Crippen LogP) is 4.56. The van der Waals surface area contributed by atoms with Crippen LogP contribution in [-0.2, 0) is 10.2 Å². The molecular formula is C20H24O3. The third kappa shape index (κ3) is 3.55. The molecular weight excluding hydrogens is 288 g/mol. The van der Waals surface area contributed by atoms with Crippen molar-refractivity contribution in [2.45, 2.75) is 40.0 Å². The van der Waals surface area contributed by atoms with Crippen LogP contribution in [0.1, 0.15) is 43.0 Å². The molecule has 2 rings (SSSR count). The molecule has 23 heavy (non-hydrogen) atoms. The van der Waals surface area contributed by atoms with E-state index in [2.05, 4.69) is 38.1 Å². The number of rotatable bonds is 4. The van der Waals surface area contributed by atoms with E-state index in [0.29, 0.717) is 5.75 Å². The van der Waals surface area contributed by atoms with E-state index < -0.39 is 0 Å². The molecule has 0 heterocycles. The summed E-state index contributed by atoms with van der Waals surface area (Å²) in [5.41, 5.74) is 4.18. The number of aryl methyl sites for hydroxylation is 2. The second-order valence-electron chi connectivity index (χ2n) is 6.39. The van der Waals surface area contributed by atoms with Gasteiger partial charge in [-0.3, -0.25) is 4.79 Å². The predicted molar refractivity (Wildman–Crippen MR) is 92.3 cm³/mol. The van der Waals surface area contributed by atoms with Gasteiger partial charge >= 0.3 is 5.97 Å². The molecule has 0 unspecified atom stereocenters. The fraction of sp³-hybridized carbons (Fsp3) is 0.350. The molecule has 122 valence electrons. The van der Waals surface area contributed by atoms with Crippen molar-refractivity contribution >= 4 is 5.97 Å². The van der Waals surface area contributed by atoms with Gasteiger partial charge in [-0.15, -0.1) is 0 Å². The lowest BCUT2D eigenvalue weighted by molar-refractivity contribution is -0.131. The van der Waals surface area contributed by atoms with Gasteiger partial charge in [0.05, 0.1) is 7.11 Å². The van der Waals surface area contributed by atoms with Crippen LogP contribution >= 0.6 is 0 Å². The van der Waals surface area contributed by atoms with Crippen molar-refractivity contribution in [1.82, 2.24) is 0 Å². The van der Waals surface area contributed by atoms with Crippen LogP contribution in [0.15, 0.2) is 36.4 Å². The lowest BCUT2D eigenvalue weighted by Gasteiger charge is -2.28. The molecule has 0 radical (unpaired) electrons. The van der Waals surface area contributed by atoms with Crippen molar-refractivity contribution in [3.05, 3.63) is 58.7 Å². The largest absolute Gasteiger partial charge is 0.497 e. The van der Waals surface area contributed by atoms with Gasteiger partial charge in [0, 0.05) is 12.3 Å². The second kappa shape index (κ2) is 6.45. The zero-order chi connectivity index (χ0) is 17.2. The quantitative estimate of drug-likeness (QED) is 0.613. The molecule has 0 atom stereocenters. The van der Waals surface area contributed by atoms with Crippen LogP contribution in [0.4, 0.5) is 0 Å². The van der Waals surface area contributed by atoms with Gasteiger partial charge in [-0.1, -0.05) is 38.1 Å². The third-order valence-electron chi connectivity index (χ3n) is 4.24. The summed E-state index contributed by atoms with van der Waals surface area (Å²) in [5.74, 6) is 1.22. The van der Waals surface area contributed by atoms with Crippen LogP contribution in [0, 0.1) is 13.8 Å². The van der Waals surface area contributed by atoms with Gasteiger partial charge in [0.15, 0.2) is 0 Å². The average Bonchev–Trinajstić information content (AvgIpc) is 2.50. The first-order chi connectivity index (χ1) is 10.8. The molecule has 0 saturated heterocycles. The minimum atomic E-state index is -0.293. The summed E-state index contributed by atoms with van der Waals surface area (Å²) in [6, 6.07) is 12.3. The average molecular weight is 312 g/mol. The number of hydrogen-bond donors (Lipinski definition) is 0. The van der Waals surface area contributed by atoms with Crippen molar-refractivity contribution in [1.29, 1.82) is 0 Å². The molecule has 0 N–H and O–H groups in total. The zero-order valence-corrected chi connectivity index (χ0v) is 14.7. The molecule has 0 aliphatic rings. The molecule has 0 bridgehead atoms. The summed E-state index contributed by atoms with van der Waals surface area (Å²) in [5, 5.41) is 0. The van der Waals surface area contributed by atoms with E-state index in [1.54, 1.807) is 7.11 Å². The zero-order valence-electron chi connectivity index (χ0n) is 14.7. The highest BCUT2D eigenvalue weighted by atomic mass is 16.5. The smallest absolute Gasteiger partial charge is 0.308 e. The molecule has 3 nitrogen and oxygen atoms in total. The number of carbonyl (C=O) groups is 1. The highest BCUT2D eigenvalue weighted by Gasteiger charge is 2.25. The first-order valence-corrected chi connectivity index (χ1v) is 7.70. The Morgan fingerprint density at radius 3 is 1.91 bits per heavy atom. The van der Waals surface area contributed by atoms with Gasteiger partial charge in [-0.25, -0.2) is 0 Å². The molecule has 0 spiro atoms. The Kier molecular flexibility index (Phi) is 4.79. The van der Waals surface area contributed by atoms with Gasteiger partial charge in [0.25, 0.3) is 0 Å². The number of methoxy groups -OCH3 is 1. The molecule has 0 fully saturated rings. The number of esters is 1. The lowest BCUT2D eigenvalue weighted by atomic mass is 9.77. The van der Waals surface area contributed by atoms with Crippen LogP contribution in [0.2, 0.25) is 0 Å². The third-order valence-corrected chi connectivity index (χ3v) is 4.24. The van der Waals surface area contributed by atoms with Crippen molar-refractivity contribution < 1.29 is 14.3 Å². The van der Waals surface area contributed by atoms with Gasteiger partial charge in [0.1, 0.15) is 11.5 Å². The molecule has 0 amide bonds. The van der Waals surface area contributed by atoms with E-state index in [1.807, 2.05) is 26.0 Å². The summed E-state index contributed by atoms with van der Waals surface area (Å²) in [7, 11) is 1.67. The van der Waals surface area contributed by atoms with Gasteiger partial charge in [-0.05, 0) is 48.2 Å². The Labute approximate surface area is 138 Å². The molecule has 0 saturated carbocycles. The lowest BCUT2D eigenvalue weighted by Crippen LogP contribution is -2.19. The number of hydrogen-bond acceptors (Lipinski definition) is 3. The molecule has 2 aromatic carbocycles. The molecule has 0 aliphatic heterocycles. The van der Waals surface area contributed by atoms with Crippen LogP contribution in [0.25, 0.3) is 0 Å². The van der Waals surface area contributed by atoms with Crippen LogP contribution in [0.3, 0.4) is 0 Å². The molecule has 2 aromatic rings. The highest BCUT2D eigenvalue weighted by molar-refractivity contribution is 5.70. The fourth-order valence-electron chi connectivity index (χ4n) is 2.79. The summed E-state index contributed by atoms with van der Waals surface area (Å²) in [6.45, 7) is 9.74.